The van der Waals surface area contributed by atoms with Gasteiger partial charge in [0.25, 0.3) is 0 Å². The van der Waals surface area contributed by atoms with Crippen LogP contribution in [0.5, 0.6) is 0 Å². The van der Waals surface area contributed by atoms with Crippen molar-refractivity contribution in [2.24, 2.45) is 23.2 Å². The maximum atomic E-state index is 12.3. The molecule has 3 nitrogen and oxygen atoms in total. The van der Waals surface area contributed by atoms with Gasteiger partial charge in [-0.2, -0.15) is 0 Å². The van der Waals surface area contributed by atoms with Crippen molar-refractivity contribution >= 4 is 22.3 Å². The van der Waals surface area contributed by atoms with Gasteiger partial charge in [-0.05, 0) is 18.3 Å². The van der Waals surface area contributed by atoms with Gasteiger partial charge in [0.1, 0.15) is 5.78 Å². The van der Waals surface area contributed by atoms with E-state index in [0.717, 1.165) is 42.2 Å². The largest absolute Gasteiger partial charge is 0.348 e. The van der Waals surface area contributed by atoms with Crippen LogP contribution in [0.2, 0.25) is 0 Å². The molecule has 0 amide bonds. The number of Topliss-reactive ketones (excluding diaryl/α,β-unsaturated/α-hetero) is 1. The molecule has 0 N–H and O–H groups in total. The first-order chi connectivity index (χ1) is 10.2. The molecule has 1 aliphatic rings. The van der Waals surface area contributed by atoms with Crippen LogP contribution in [0.1, 0.15) is 53.7 Å². The maximum Gasteiger partial charge on any atom is 0.185 e. The first-order valence-electron chi connectivity index (χ1n) is 8.40. The second-order valence-corrected chi connectivity index (χ2v) is 9.03. The van der Waals surface area contributed by atoms with Crippen LogP contribution >= 0.6 is 11.3 Å². The number of thiazole rings is 1. The van der Waals surface area contributed by atoms with Crippen molar-refractivity contribution in [1.82, 2.24) is 4.98 Å². The van der Waals surface area contributed by atoms with Crippen LogP contribution in [-0.4, -0.2) is 23.9 Å². The second kappa shape index (κ2) is 6.69. The van der Waals surface area contributed by atoms with Crippen LogP contribution in [0.15, 0.2) is 5.38 Å². The van der Waals surface area contributed by atoms with E-state index in [0.29, 0.717) is 5.78 Å². The molecule has 0 bridgehead atoms. The van der Waals surface area contributed by atoms with Gasteiger partial charge in [-0.1, -0.05) is 41.5 Å². The van der Waals surface area contributed by atoms with Crippen LogP contribution < -0.4 is 4.90 Å². The van der Waals surface area contributed by atoms with Gasteiger partial charge < -0.3 is 4.90 Å². The van der Waals surface area contributed by atoms with Crippen molar-refractivity contribution < 1.29 is 4.79 Å². The van der Waals surface area contributed by atoms with E-state index in [1.807, 2.05) is 27.7 Å². The summed E-state index contributed by atoms with van der Waals surface area (Å²) in [5, 5.41) is 3.26. The van der Waals surface area contributed by atoms with E-state index in [9.17, 15) is 4.79 Å². The molecule has 3 unspecified atom stereocenters. The van der Waals surface area contributed by atoms with Crippen LogP contribution in [0.4, 0.5) is 5.13 Å². The molecule has 124 valence electrons. The van der Waals surface area contributed by atoms with Crippen LogP contribution in [0.25, 0.3) is 0 Å². The zero-order valence-corrected chi connectivity index (χ0v) is 15.7. The molecular weight excluding hydrogens is 292 g/mol. The zero-order chi connectivity index (χ0) is 16.5. The monoisotopic (exact) mass is 322 g/mol. The number of hydrogen-bond acceptors (Lipinski definition) is 4. The third-order valence-corrected chi connectivity index (χ3v) is 5.33. The lowest BCUT2D eigenvalue weighted by Crippen LogP contribution is -2.38. The number of ketones is 1. The Kier molecular flexibility index (Phi) is 5.31. The summed E-state index contributed by atoms with van der Waals surface area (Å²) in [7, 11) is 0. The van der Waals surface area contributed by atoms with Gasteiger partial charge in [0.2, 0.25) is 0 Å². The van der Waals surface area contributed by atoms with E-state index >= 15 is 0 Å². The van der Waals surface area contributed by atoms with Gasteiger partial charge in [0, 0.05) is 36.2 Å². The fourth-order valence-corrected chi connectivity index (χ4v) is 4.36. The summed E-state index contributed by atoms with van der Waals surface area (Å²) in [6, 6.07) is 0. The maximum absolute atomic E-state index is 12.3. The molecule has 0 radical (unpaired) electrons. The number of piperidine rings is 1. The fraction of sp³-hybridized carbons (Fsp3) is 0.778. The highest BCUT2D eigenvalue weighted by atomic mass is 32.1. The molecule has 2 heterocycles. The minimum atomic E-state index is -0.268. The Morgan fingerprint density at radius 2 is 1.95 bits per heavy atom. The second-order valence-electron chi connectivity index (χ2n) is 8.19. The molecule has 1 aliphatic heterocycles. The molecule has 1 aromatic heterocycles. The Labute approximate surface area is 139 Å². The average molecular weight is 323 g/mol. The van der Waals surface area contributed by atoms with Crippen molar-refractivity contribution in [1.29, 1.82) is 0 Å². The minimum absolute atomic E-state index is 0.0363. The van der Waals surface area contributed by atoms with Crippen LogP contribution in [0, 0.1) is 23.2 Å². The summed E-state index contributed by atoms with van der Waals surface area (Å²) in [5.74, 6) is 1.83. The summed E-state index contributed by atoms with van der Waals surface area (Å²) in [5.41, 5.74) is 0.798. The SMILES string of the molecule is CC1CC(C)CN(c2nc(CC(C)C(=O)C(C)(C)C)cs2)C1. The molecule has 0 aromatic carbocycles. The van der Waals surface area contributed by atoms with Crippen molar-refractivity contribution in [2.75, 3.05) is 18.0 Å². The number of carbonyl (C=O) groups is 1. The van der Waals surface area contributed by atoms with Crippen molar-refractivity contribution in [3.05, 3.63) is 11.1 Å². The molecule has 1 fully saturated rings. The molecule has 0 saturated carbocycles. The Hall–Kier alpha value is -0.900. The van der Waals surface area contributed by atoms with Crippen LogP contribution in [0.3, 0.4) is 0 Å². The van der Waals surface area contributed by atoms with Crippen molar-refractivity contribution in [2.45, 2.75) is 54.4 Å². The summed E-state index contributed by atoms with van der Waals surface area (Å²) in [4.78, 5) is 19.5. The molecule has 2 rings (SSSR count). The van der Waals surface area contributed by atoms with Gasteiger partial charge in [-0.15, -0.1) is 11.3 Å². The highest BCUT2D eigenvalue weighted by Gasteiger charge is 2.28. The third-order valence-electron chi connectivity index (χ3n) is 4.38. The number of nitrogens with zero attached hydrogens (tertiary/aromatic N) is 2. The number of hydrogen-bond donors (Lipinski definition) is 0. The first-order valence-corrected chi connectivity index (χ1v) is 9.28. The van der Waals surface area contributed by atoms with E-state index in [-0.39, 0.29) is 11.3 Å². The highest BCUT2D eigenvalue weighted by molar-refractivity contribution is 7.13. The van der Waals surface area contributed by atoms with Gasteiger partial charge in [0.05, 0.1) is 5.69 Å². The van der Waals surface area contributed by atoms with Crippen molar-refractivity contribution in [3.8, 4) is 0 Å². The average Bonchev–Trinajstić information content (AvgIpc) is 2.84. The molecule has 0 aliphatic carbocycles. The topological polar surface area (TPSA) is 33.2 Å². The molecule has 22 heavy (non-hydrogen) atoms. The summed E-state index contributed by atoms with van der Waals surface area (Å²) in [6.45, 7) is 14.9. The Balaban J connectivity index is 2.01. The molecular formula is C18H30N2OS. The molecule has 3 atom stereocenters. The fourth-order valence-electron chi connectivity index (χ4n) is 3.50. The smallest absolute Gasteiger partial charge is 0.185 e. The lowest BCUT2D eigenvalue weighted by atomic mass is 9.82. The van der Waals surface area contributed by atoms with Gasteiger partial charge in [-0.25, -0.2) is 4.98 Å². The zero-order valence-electron chi connectivity index (χ0n) is 14.8. The number of carbonyl (C=O) groups excluding carboxylic acids is 1. The highest BCUT2D eigenvalue weighted by Crippen LogP contribution is 2.30. The van der Waals surface area contributed by atoms with E-state index < -0.39 is 0 Å². The Morgan fingerprint density at radius 3 is 2.50 bits per heavy atom. The van der Waals surface area contributed by atoms with Crippen molar-refractivity contribution in [3.63, 3.8) is 0 Å². The van der Waals surface area contributed by atoms with E-state index in [4.69, 9.17) is 4.98 Å². The predicted octanol–water partition coefficient (Wildman–Crippen LogP) is 4.42. The van der Waals surface area contributed by atoms with Crippen LogP contribution in [-0.2, 0) is 11.2 Å². The van der Waals surface area contributed by atoms with Gasteiger partial charge >= 0.3 is 0 Å². The summed E-state index contributed by atoms with van der Waals surface area (Å²) < 4.78 is 0. The lowest BCUT2D eigenvalue weighted by Gasteiger charge is -2.34. The van der Waals surface area contributed by atoms with E-state index in [1.165, 1.54) is 6.42 Å². The number of anilines is 1. The lowest BCUT2D eigenvalue weighted by molar-refractivity contribution is -0.129. The first kappa shape index (κ1) is 17.5. The van der Waals surface area contributed by atoms with Gasteiger partial charge in [0.15, 0.2) is 5.13 Å². The van der Waals surface area contributed by atoms with E-state index in [2.05, 4.69) is 24.1 Å². The number of aromatic nitrogens is 1. The minimum Gasteiger partial charge on any atom is -0.348 e. The summed E-state index contributed by atoms with van der Waals surface area (Å²) >= 11 is 1.72. The standard InChI is InChI=1S/C18H30N2OS/c1-12-7-13(2)10-20(9-12)17-19-15(11-22-17)8-14(3)16(21)18(4,5)6/h11-14H,7-10H2,1-6H3. The third kappa shape index (κ3) is 4.31. The Bertz CT molecular complexity index is 507. The molecule has 0 spiro atoms. The van der Waals surface area contributed by atoms with E-state index in [1.54, 1.807) is 11.3 Å². The predicted molar refractivity (Wildman–Crippen MR) is 94.6 cm³/mol. The molecule has 1 saturated heterocycles. The number of rotatable bonds is 4. The Morgan fingerprint density at radius 1 is 1.36 bits per heavy atom. The quantitative estimate of drug-likeness (QED) is 0.823. The summed E-state index contributed by atoms with van der Waals surface area (Å²) in [6.07, 6.45) is 2.07. The normalized spacial score (nSPS) is 24.4. The molecule has 4 heteroatoms. The van der Waals surface area contributed by atoms with Gasteiger partial charge in [-0.3, -0.25) is 4.79 Å². The molecule has 1 aromatic rings.